The van der Waals surface area contributed by atoms with E-state index in [9.17, 15) is 9.59 Å². The van der Waals surface area contributed by atoms with Gasteiger partial charge in [-0.25, -0.2) is 4.98 Å². The van der Waals surface area contributed by atoms with Crippen LogP contribution in [-0.4, -0.2) is 22.0 Å². The molecule has 0 spiro atoms. The molecule has 25 heavy (non-hydrogen) atoms. The van der Waals surface area contributed by atoms with Gasteiger partial charge in [0.15, 0.2) is 5.13 Å². The number of carboxylic acid groups (broad SMARTS) is 1. The Morgan fingerprint density at radius 2 is 1.84 bits per heavy atom. The van der Waals surface area contributed by atoms with Crippen molar-refractivity contribution in [3.8, 4) is 11.3 Å². The largest absolute Gasteiger partial charge is 0.481 e. The van der Waals surface area contributed by atoms with Crippen LogP contribution in [-0.2, 0) is 21.4 Å². The van der Waals surface area contributed by atoms with E-state index in [0.717, 1.165) is 12.0 Å². The summed E-state index contributed by atoms with van der Waals surface area (Å²) in [5, 5.41) is 12.4. The third-order valence-corrected chi connectivity index (χ3v) is 4.73. The summed E-state index contributed by atoms with van der Waals surface area (Å²) in [7, 11) is 0. The van der Waals surface area contributed by atoms with Crippen LogP contribution in [0.15, 0.2) is 24.3 Å². The van der Waals surface area contributed by atoms with Crippen molar-refractivity contribution < 1.29 is 14.7 Å². The van der Waals surface area contributed by atoms with Gasteiger partial charge in [0, 0.05) is 16.9 Å². The Bertz CT molecular complexity index is 758. The highest BCUT2D eigenvalue weighted by molar-refractivity contribution is 7.16. The van der Waals surface area contributed by atoms with Crippen molar-refractivity contribution in [1.82, 2.24) is 4.98 Å². The number of nitrogens with zero attached hydrogens (tertiary/aromatic N) is 1. The highest BCUT2D eigenvalue weighted by Crippen LogP contribution is 2.33. The van der Waals surface area contributed by atoms with E-state index in [1.165, 1.54) is 16.9 Å². The van der Waals surface area contributed by atoms with E-state index in [4.69, 9.17) is 5.11 Å². The van der Waals surface area contributed by atoms with Crippen molar-refractivity contribution in [2.24, 2.45) is 0 Å². The Kier molecular flexibility index (Phi) is 5.95. The Labute approximate surface area is 152 Å². The number of benzene rings is 1. The van der Waals surface area contributed by atoms with E-state index in [1.54, 1.807) is 0 Å². The van der Waals surface area contributed by atoms with Crippen LogP contribution in [0.5, 0.6) is 0 Å². The fourth-order valence-electron chi connectivity index (χ4n) is 2.42. The van der Waals surface area contributed by atoms with Crippen molar-refractivity contribution in [2.75, 3.05) is 5.32 Å². The number of aromatic nitrogens is 1. The van der Waals surface area contributed by atoms with E-state index in [0.29, 0.717) is 22.1 Å². The number of amides is 1. The summed E-state index contributed by atoms with van der Waals surface area (Å²) in [6.45, 7) is 8.35. The second kappa shape index (κ2) is 7.78. The van der Waals surface area contributed by atoms with Crippen LogP contribution in [0.2, 0.25) is 0 Å². The molecular weight excluding hydrogens is 336 g/mol. The first kappa shape index (κ1) is 19.1. The average Bonchev–Trinajstić information content (AvgIpc) is 2.88. The van der Waals surface area contributed by atoms with Crippen molar-refractivity contribution in [3.63, 3.8) is 0 Å². The number of hydrogen-bond donors (Lipinski definition) is 2. The smallest absolute Gasteiger partial charge is 0.308 e. The van der Waals surface area contributed by atoms with Crippen LogP contribution >= 0.6 is 11.3 Å². The molecule has 2 rings (SSSR count). The minimum Gasteiger partial charge on any atom is -0.481 e. The summed E-state index contributed by atoms with van der Waals surface area (Å²) in [5.41, 5.74) is 2.72. The topological polar surface area (TPSA) is 79.3 Å². The van der Waals surface area contributed by atoms with Gasteiger partial charge in [-0.1, -0.05) is 52.0 Å². The van der Waals surface area contributed by atoms with Crippen LogP contribution in [0, 0.1) is 0 Å². The number of carboxylic acids is 1. The highest BCUT2D eigenvalue weighted by atomic mass is 32.1. The molecule has 0 unspecified atom stereocenters. The Hall–Kier alpha value is -2.21. The summed E-state index contributed by atoms with van der Waals surface area (Å²) in [5.74, 6) is -1.02. The molecule has 134 valence electrons. The van der Waals surface area contributed by atoms with Gasteiger partial charge >= 0.3 is 5.97 Å². The van der Waals surface area contributed by atoms with Crippen molar-refractivity contribution >= 4 is 28.3 Å². The van der Waals surface area contributed by atoms with Crippen molar-refractivity contribution in [1.29, 1.82) is 0 Å². The van der Waals surface area contributed by atoms with Crippen LogP contribution in [0.1, 0.15) is 51.0 Å². The molecule has 1 aromatic heterocycles. The zero-order chi connectivity index (χ0) is 18.6. The SMILES string of the molecule is CCCC(=O)Nc1nc(-c2ccc(C(C)(C)C)cc2)c(CC(=O)O)s1. The van der Waals surface area contributed by atoms with E-state index < -0.39 is 5.97 Å². The van der Waals surface area contributed by atoms with Gasteiger partial charge in [0.1, 0.15) is 0 Å². The summed E-state index contributed by atoms with van der Waals surface area (Å²) < 4.78 is 0. The summed E-state index contributed by atoms with van der Waals surface area (Å²) in [6.07, 6.45) is 1.06. The standard InChI is InChI=1S/C19H24N2O3S/c1-5-6-15(22)20-18-21-17(14(25-18)11-16(23)24)12-7-9-13(10-8-12)19(2,3)4/h7-10H,5-6,11H2,1-4H3,(H,23,24)(H,20,21,22). The van der Waals surface area contributed by atoms with E-state index in [1.807, 2.05) is 31.2 Å². The maximum Gasteiger partial charge on any atom is 0.308 e. The first-order valence-electron chi connectivity index (χ1n) is 8.33. The summed E-state index contributed by atoms with van der Waals surface area (Å²) >= 11 is 1.22. The molecule has 5 nitrogen and oxygen atoms in total. The van der Waals surface area contributed by atoms with Gasteiger partial charge in [-0.15, -0.1) is 11.3 Å². The third kappa shape index (κ3) is 5.13. The quantitative estimate of drug-likeness (QED) is 0.796. The molecule has 0 aliphatic heterocycles. The second-order valence-corrected chi connectivity index (χ2v) is 8.07. The number of rotatable bonds is 6. The van der Waals surface area contributed by atoms with Gasteiger partial charge in [0.2, 0.25) is 5.91 Å². The molecule has 0 aliphatic carbocycles. The Morgan fingerprint density at radius 1 is 1.20 bits per heavy atom. The lowest BCUT2D eigenvalue weighted by atomic mass is 9.86. The molecule has 1 aromatic carbocycles. The number of aliphatic carboxylic acids is 1. The highest BCUT2D eigenvalue weighted by Gasteiger charge is 2.18. The number of anilines is 1. The van der Waals surface area contributed by atoms with Gasteiger partial charge in [-0.05, 0) is 17.4 Å². The second-order valence-electron chi connectivity index (χ2n) is 6.99. The lowest BCUT2D eigenvalue weighted by molar-refractivity contribution is -0.136. The molecule has 6 heteroatoms. The molecule has 0 saturated heterocycles. The number of nitrogens with one attached hydrogen (secondary N) is 1. The predicted octanol–water partition coefficient (Wildman–Crippen LogP) is 4.47. The van der Waals surface area contributed by atoms with Crippen LogP contribution < -0.4 is 5.32 Å². The van der Waals surface area contributed by atoms with Crippen LogP contribution in [0.3, 0.4) is 0 Å². The van der Waals surface area contributed by atoms with Gasteiger partial charge in [0.25, 0.3) is 0 Å². The third-order valence-electron chi connectivity index (χ3n) is 3.76. The lowest BCUT2D eigenvalue weighted by Gasteiger charge is -2.19. The Morgan fingerprint density at radius 3 is 2.36 bits per heavy atom. The maximum atomic E-state index is 11.8. The fraction of sp³-hybridized carbons (Fsp3) is 0.421. The number of hydrogen-bond acceptors (Lipinski definition) is 4. The van der Waals surface area contributed by atoms with Crippen LogP contribution in [0.4, 0.5) is 5.13 Å². The molecule has 1 amide bonds. The minimum absolute atomic E-state index is 0.0454. The number of carbonyl (C=O) groups excluding carboxylic acids is 1. The molecule has 0 bridgehead atoms. The molecule has 0 saturated carbocycles. The van der Waals surface area contributed by atoms with E-state index in [2.05, 4.69) is 31.1 Å². The molecule has 0 atom stereocenters. The predicted molar refractivity (Wildman–Crippen MR) is 101 cm³/mol. The van der Waals surface area contributed by atoms with Gasteiger partial charge in [-0.3, -0.25) is 9.59 Å². The maximum absolute atomic E-state index is 11.8. The minimum atomic E-state index is -0.914. The molecule has 2 N–H and O–H groups in total. The average molecular weight is 360 g/mol. The molecular formula is C19H24N2O3S. The molecule has 0 fully saturated rings. The molecule has 0 radical (unpaired) electrons. The molecule has 1 heterocycles. The number of carbonyl (C=O) groups is 2. The zero-order valence-electron chi connectivity index (χ0n) is 15.0. The van der Waals surface area contributed by atoms with Crippen LogP contribution in [0.25, 0.3) is 11.3 Å². The zero-order valence-corrected chi connectivity index (χ0v) is 15.9. The number of thiazole rings is 1. The summed E-state index contributed by atoms with van der Waals surface area (Å²) in [4.78, 5) is 28.1. The van der Waals surface area contributed by atoms with E-state index >= 15 is 0 Å². The lowest BCUT2D eigenvalue weighted by Crippen LogP contribution is -2.10. The molecule has 2 aromatic rings. The van der Waals surface area contributed by atoms with Gasteiger partial charge in [0.05, 0.1) is 12.1 Å². The van der Waals surface area contributed by atoms with Crippen molar-refractivity contribution in [3.05, 3.63) is 34.7 Å². The van der Waals surface area contributed by atoms with Crippen molar-refractivity contribution in [2.45, 2.75) is 52.4 Å². The first-order valence-corrected chi connectivity index (χ1v) is 9.14. The first-order chi connectivity index (χ1) is 11.7. The van der Waals surface area contributed by atoms with E-state index in [-0.39, 0.29) is 17.7 Å². The molecule has 0 aliphatic rings. The fourth-order valence-corrected chi connectivity index (χ4v) is 3.42. The normalized spacial score (nSPS) is 11.4. The van der Waals surface area contributed by atoms with Gasteiger partial charge in [-0.2, -0.15) is 0 Å². The monoisotopic (exact) mass is 360 g/mol. The summed E-state index contributed by atoms with van der Waals surface area (Å²) in [6, 6.07) is 7.99. The Balaban J connectivity index is 2.35. The van der Waals surface area contributed by atoms with Gasteiger partial charge < -0.3 is 10.4 Å².